The fourth-order valence-electron chi connectivity index (χ4n) is 2.97. The summed E-state index contributed by atoms with van der Waals surface area (Å²) in [6, 6.07) is 19.8. The zero-order valence-electron chi connectivity index (χ0n) is 16.9. The van der Waals surface area contributed by atoms with Crippen molar-refractivity contribution >= 4 is 38.1 Å². The van der Waals surface area contributed by atoms with Gasteiger partial charge in [-0.3, -0.25) is 0 Å². The van der Waals surface area contributed by atoms with E-state index in [9.17, 15) is 0 Å². The number of anilines is 2. The molecule has 0 radical (unpaired) electrons. The Labute approximate surface area is 188 Å². The van der Waals surface area contributed by atoms with Gasteiger partial charge in [0.05, 0.1) is 11.3 Å². The van der Waals surface area contributed by atoms with Crippen LogP contribution in [0.1, 0.15) is 11.1 Å². The number of nitrogen functional groups attached to an aromatic ring is 1. The second-order valence-electron chi connectivity index (χ2n) is 6.78. The fraction of sp³-hybridized carbons (Fsp3) is 0.0870. The first-order valence-electron chi connectivity index (χ1n) is 9.64. The van der Waals surface area contributed by atoms with E-state index in [-0.39, 0.29) is 5.95 Å². The number of aromatic nitrogens is 3. The molecule has 1 unspecified atom stereocenters. The van der Waals surface area contributed by atoms with Crippen LogP contribution >= 0.6 is 21.2 Å². The lowest BCUT2D eigenvalue weighted by Gasteiger charge is -2.16. The predicted octanol–water partition coefficient (Wildman–Crippen LogP) is 4.98. The molecule has 0 bridgehead atoms. The molecule has 0 aliphatic heterocycles. The van der Waals surface area contributed by atoms with Crippen LogP contribution in [0.3, 0.4) is 0 Å². The van der Waals surface area contributed by atoms with E-state index in [0.717, 1.165) is 27.9 Å². The molecule has 1 atom stereocenters. The van der Waals surface area contributed by atoms with Crippen molar-refractivity contribution in [2.45, 2.75) is 12.7 Å². The molecule has 8 heteroatoms. The first-order valence-corrected chi connectivity index (χ1v) is 11.2. The molecule has 2 aromatic carbocycles. The van der Waals surface area contributed by atoms with Gasteiger partial charge in [-0.1, -0.05) is 30.3 Å². The Morgan fingerprint density at radius 2 is 1.84 bits per heavy atom. The van der Waals surface area contributed by atoms with Crippen molar-refractivity contribution in [2.24, 2.45) is 0 Å². The van der Waals surface area contributed by atoms with Gasteiger partial charge in [-0.15, -0.1) is 9.24 Å². The van der Waals surface area contributed by atoms with Crippen molar-refractivity contribution in [1.82, 2.24) is 15.0 Å². The monoisotopic (exact) mass is 447 g/mol. The van der Waals surface area contributed by atoms with Crippen LogP contribution in [0.15, 0.2) is 73.1 Å². The lowest BCUT2D eigenvalue weighted by Crippen LogP contribution is -2.06. The zero-order chi connectivity index (χ0) is 21.6. The molecule has 3 N–H and O–H groups in total. The summed E-state index contributed by atoms with van der Waals surface area (Å²) in [5.41, 5.74) is 10.6. The summed E-state index contributed by atoms with van der Waals surface area (Å²) in [4.78, 5) is 12.6. The lowest BCUT2D eigenvalue weighted by molar-refractivity contribution is 0.468. The van der Waals surface area contributed by atoms with E-state index in [1.165, 1.54) is 5.56 Å². The van der Waals surface area contributed by atoms with Crippen LogP contribution in [0.4, 0.5) is 11.6 Å². The average molecular weight is 448 g/mol. The molecule has 4 rings (SSSR count). The normalized spacial score (nSPS) is 10.6. The van der Waals surface area contributed by atoms with Crippen LogP contribution in [0, 0.1) is 6.92 Å². The van der Waals surface area contributed by atoms with Crippen LogP contribution in [0.25, 0.3) is 11.3 Å². The maximum Gasteiger partial charge on any atom is 0.228 e. The molecule has 31 heavy (non-hydrogen) atoms. The molecular formula is C23H22N5OPS. The number of rotatable bonds is 7. The van der Waals surface area contributed by atoms with Crippen LogP contribution in [0.5, 0.6) is 11.6 Å². The Balaban J connectivity index is 1.52. The highest BCUT2D eigenvalue weighted by Crippen LogP contribution is 2.32. The SMILES string of the molecule is Cc1c(NSCc2ccccc2)ccc(Oc2ncccc2-c2ccnc(N)n2)c1P. The van der Waals surface area contributed by atoms with E-state index in [4.69, 9.17) is 10.5 Å². The lowest BCUT2D eigenvalue weighted by atomic mass is 10.2. The highest BCUT2D eigenvalue weighted by Gasteiger charge is 2.14. The number of pyridine rings is 1. The number of benzene rings is 2. The summed E-state index contributed by atoms with van der Waals surface area (Å²) >= 11 is 1.65. The number of hydrogen-bond donors (Lipinski definition) is 2. The number of nitrogens with zero attached hydrogens (tertiary/aromatic N) is 3. The van der Waals surface area contributed by atoms with Crippen molar-refractivity contribution in [3.63, 3.8) is 0 Å². The summed E-state index contributed by atoms with van der Waals surface area (Å²) in [6.07, 6.45) is 3.31. The van der Waals surface area contributed by atoms with Crippen molar-refractivity contribution in [3.05, 3.63) is 84.2 Å². The molecule has 4 aromatic rings. The van der Waals surface area contributed by atoms with Crippen molar-refractivity contribution in [3.8, 4) is 22.9 Å². The molecule has 0 spiro atoms. The van der Waals surface area contributed by atoms with Crippen LogP contribution in [-0.2, 0) is 5.75 Å². The molecule has 0 saturated heterocycles. The smallest absolute Gasteiger partial charge is 0.228 e. The third-order valence-electron chi connectivity index (χ3n) is 4.67. The Morgan fingerprint density at radius 1 is 1.00 bits per heavy atom. The molecule has 6 nitrogen and oxygen atoms in total. The quantitative estimate of drug-likeness (QED) is 0.305. The summed E-state index contributed by atoms with van der Waals surface area (Å²) < 4.78 is 9.61. The van der Waals surface area contributed by atoms with Crippen LogP contribution < -0.4 is 20.5 Å². The maximum atomic E-state index is 6.18. The number of hydrogen-bond acceptors (Lipinski definition) is 7. The fourth-order valence-corrected chi connectivity index (χ4v) is 4.09. The van der Waals surface area contributed by atoms with E-state index >= 15 is 0 Å². The van der Waals surface area contributed by atoms with E-state index in [1.807, 2.05) is 30.3 Å². The minimum Gasteiger partial charge on any atom is -0.438 e. The van der Waals surface area contributed by atoms with Gasteiger partial charge in [0.1, 0.15) is 5.75 Å². The standard InChI is InChI=1S/C23H22N5OPS/c1-15-18(28-31-14-16-6-3-2-4-7-16)9-10-20(21(15)30)29-22-17(8-5-12-25-22)19-11-13-26-23(24)27-19/h2-13,28H,14,30H2,1H3,(H2,24,26,27). The van der Waals surface area contributed by atoms with Gasteiger partial charge >= 0.3 is 0 Å². The molecule has 0 saturated carbocycles. The molecule has 2 heterocycles. The van der Waals surface area contributed by atoms with E-state index in [0.29, 0.717) is 17.3 Å². The van der Waals surface area contributed by atoms with Gasteiger partial charge in [0.2, 0.25) is 11.8 Å². The maximum absolute atomic E-state index is 6.18. The van der Waals surface area contributed by atoms with Gasteiger partial charge in [0.15, 0.2) is 0 Å². The highest BCUT2D eigenvalue weighted by molar-refractivity contribution is 7.99. The molecule has 0 aliphatic carbocycles. The molecule has 0 amide bonds. The Morgan fingerprint density at radius 3 is 2.65 bits per heavy atom. The van der Waals surface area contributed by atoms with E-state index in [2.05, 4.69) is 60.1 Å². The topological polar surface area (TPSA) is 86.0 Å². The second-order valence-corrected chi connectivity index (χ2v) is 8.14. The van der Waals surface area contributed by atoms with E-state index in [1.54, 1.807) is 30.4 Å². The largest absolute Gasteiger partial charge is 0.438 e. The third kappa shape index (κ3) is 5.13. The summed E-state index contributed by atoms with van der Waals surface area (Å²) in [5, 5.41) is 0.962. The molecule has 0 fully saturated rings. The van der Waals surface area contributed by atoms with Crippen LogP contribution in [-0.4, -0.2) is 15.0 Å². The zero-order valence-corrected chi connectivity index (χ0v) is 18.9. The average Bonchev–Trinajstić information content (AvgIpc) is 2.79. The second kappa shape index (κ2) is 9.77. The molecular weight excluding hydrogens is 425 g/mol. The number of nitrogens with one attached hydrogen (secondary N) is 1. The van der Waals surface area contributed by atoms with Gasteiger partial charge in [0, 0.05) is 29.1 Å². The summed E-state index contributed by atoms with van der Waals surface area (Å²) in [5.74, 6) is 2.26. The first-order chi connectivity index (χ1) is 15.1. The third-order valence-corrected chi connectivity index (χ3v) is 6.23. The molecule has 156 valence electrons. The summed E-state index contributed by atoms with van der Waals surface area (Å²) in [7, 11) is 2.77. The van der Waals surface area contributed by atoms with Crippen molar-refractivity contribution in [1.29, 1.82) is 0 Å². The minimum absolute atomic E-state index is 0.207. The molecule has 2 aromatic heterocycles. The van der Waals surface area contributed by atoms with Gasteiger partial charge in [-0.25, -0.2) is 15.0 Å². The van der Waals surface area contributed by atoms with Crippen molar-refractivity contribution in [2.75, 3.05) is 10.5 Å². The Hall–Kier alpha value is -3.15. The van der Waals surface area contributed by atoms with Gasteiger partial charge in [-0.05, 0) is 60.3 Å². The minimum atomic E-state index is 0.207. The number of nitrogens with two attached hydrogens (primary N) is 1. The van der Waals surface area contributed by atoms with Crippen molar-refractivity contribution < 1.29 is 4.74 Å². The Bertz CT molecular complexity index is 1190. The number of ether oxygens (including phenoxy) is 1. The molecule has 0 aliphatic rings. The van der Waals surface area contributed by atoms with Crippen LogP contribution in [0.2, 0.25) is 0 Å². The van der Waals surface area contributed by atoms with Gasteiger partial charge in [-0.2, -0.15) is 0 Å². The first kappa shape index (κ1) is 21.1. The Kier molecular flexibility index (Phi) is 6.65. The highest BCUT2D eigenvalue weighted by atomic mass is 32.2. The predicted molar refractivity (Wildman–Crippen MR) is 132 cm³/mol. The van der Waals surface area contributed by atoms with Gasteiger partial charge < -0.3 is 15.2 Å². The van der Waals surface area contributed by atoms with Gasteiger partial charge in [0.25, 0.3) is 0 Å². The van der Waals surface area contributed by atoms with E-state index < -0.39 is 0 Å². The summed E-state index contributed by atoms with van der Waals surface area (Å²) in [6.45, 7) is 2.06.